The van der Waals surface area contributed by atoms with Gasteiger partial charge in [0.15, 0.2) is 5.82 Å². The second-order valence-corrected chi connectivity index (χ2v) is 6.23. The molecule has 0 aliphatic carbocycles. The highest BCUT2D eigenvalue weighted by atomic mass is 16.1. The fourth-order valence-electron chi connectivity index (χ4n) is 3.49. The van der Waals surface area contributed by atoms with Gasteiger partial charge in [-0.05, 0) is 30.3 Å². The zero-order valence-corrected chi connectivity index (χ0v) is 14.2. The molecule has 132 valence electrons. The van der Waals surface area contributed by atoms with Crippen LogP contribution in [0.15, 0.2) is 61.2 Å². The van der Waals surface area contributed by atoms with Crippen molar-refractivity contribution < 1.29 is 4.79 Å². The van der Waals surface area contributed by atoms with Gasteiger partial charge in [-0.2, -0.15) is 5.10 Å². The van der Waals surface area contributed by atoms with Crippen LogP contribution in [0.2, 0.25) is 0 Å². The maximum atomic E-state index is 12.3. The SMILES string of the molecule is O=C1CC(c2cccn2-c2ncccn2)c2c(n[nH]c2-c2ccccn2)N1. The van der Waals surface area contributed by atoms with Crippen LogP contribution in [0.25, 0.3) is 17.3 Å². The number of hydrogen-bond donors (Lipinski definition) is 2. The third kappa shape index (κ3) is 2.58. The maximum absolute atomic E-state index is 12.3. The number of anilines is 1. The first-order valence-corrected chi connectivity index (χ1v) is 8.55. The molecule has 8 nitrogen and oxygen atoms in total. The van der Waals surface area contributed by atoms with Crippen LogP contribution >= 0.6 is 0 Å². The van der Waals surface area contributed by atoms with Gasteiger partial charge in [0, 0.05) is 48.4 Å². The van der Waals surface area contributed by atoms with E-state index in [9.17, 15) is 4.79 Å². The summed E-state index contributed by atoms with van der Waals surface area (Å²) < 4.78 is 1.91. The smallest absolute Gasteiger partial charge is 0.233 e. The Hall–Kier alpha value is -3.81. The number of hydrogen-bond acceptors (Lipinski definition) is 5. The van der Waals surface area contributed by atoms with E-state index in [2.05, 4.69) is 30.5 Å². The number of carbonyl (C=O) groups excluding carboxylic acids is 1. The van der Waals surface area contributed by atoms with E-state index in [-0.39, 0.29) is 11.8 Å². The van der Waals surface area contributed by atoms with Crippen LogP contribution in [0.5, 0.6) is 0 Å². The molecule has 1 unspecified atom stereocenters. The number of fused-ring (bicyclic) bond motifs is 1. The molecular weight excluding hydrogens is 342 g/mol. The summed E-state index contributed by atoms with van der Waals surface area (Å²) in [6.45, 7) is 0. The van der Waals surface area contributed by atoms with E-state index in [1.807, 2.05) is 41.1 Å². The van der Waals surface area contributed by atoms with Crippen LogP contribution < -0.4 is 5.32 Å². The monoisotopic (exact) mass is 357 g/mol. The second kappa shape index (κ2) is 6.17. The first kappa shape index (κ1) is 15.4. The van der Waals surface area contributed by atoms with Gasteiger partial charge in [-0.1, -0.05) is 6.07 Å². The summed E-state index contributed by atoms with van der Waals surface area (Å²) in [5.74, 6) is 0.836. The molecule has 1 aliphatic heterocycles. The largest absolute Gasteiger partial charge is 0.309 e. The summed E-state index contributed by atoms with van der Waals surface area (Å²) >= 11 is 0. The molecule has 5 heterocycles. The molecule has 0 radical (unpaired) electrons. The number of carbonyl (C=O) groups is 1. The van der Waals surface area contributed by atoms with Crippen molar-refractivity contribution in [3.05, 3.63) is 72.4 Å². The van der Waals surface area contributed by atoms with E-state index in [1.54, 1.807) is 24.7 Å². The third-order valence-corrected chi connectivity index (χ3v) is 4.63. The Morgan fingerprint density at radius 1 is 1.00 bits per heavy atom. The van der Waals surface area contributed by atoms with Crippen molar-refractivity contribution in [2.45, 2.75) is 12.3 Å². The zero-order chi connectivity index (χ0) is 18.2. The highest BCUT2D eigenvalue weighted by molar-refractivity contribution is 5.95. The van der Waals surface area contributed by atoms with Crippen molar-refractivity contribution in [2.24, 2.45) is 0 Å². The van der Waals surface area contributed by atoms with Crippen molar-refractivity contribution >= 4 is 11.7 Å². The number of nitrogens with one attached hydrogen (secondary N) is 2. The van der Waals surface area contributed by atoms with Crippen LogP contribution in [-0.2, 0) is 4.79 Å². The lowest BCUT2D eigenvalue weighted by Crippen LogP contribution is -2.24. The maximum Gasteiger partial charge on any atom is 0.233 e. The van der Waals surface area contributed by atoms with Crippen molar-refractivity contribution in [3.63, 3.8) is 0 Å². The van der Waals surface area contributed by atoms with Gasteiger partial charge in [0.25, 0.3) is 0 Å². The van der Waals surface area contributed by atoms with Crippen molar-refractivity contribution in [3.8, 4) is 17.3 Å². The van der Waals surface area contributed by atoms with Gasteiger partial charge in [0.05, 0.1) is 11.4 Å². The quantitative estimate of drug-likeness (QED) is 0.587. The summed E-state index contributed by atoms with van der Waals surface area (Å²) in [7, 11) is 0. The second-order valence-electron chi connectivity index (χ2n) is 6.23. The molecule has 8 heteroatoms. The van der Waals surface area contributed by atoms with Crippen LogP contribution in [-0.4, -0.2) is 35.6 Å². The van der Waals surface area contributed by atoms with Gasteiger partial charge in [-0.25, -0.2) is 9.97 Å². The third-order valence-electron chi connectivity index (χ3n) is 4.63. The molecule has 1 atom stereocenters. The summed E-state index contributed by atoms with van der Waals surface area (Å²) in [4.78, 5) is 25.4. The molecule has 5 rings (SSSR count). The minimum atomic E-state index is -0.191. The van der Waals surface area contributed by atoms with Crippen molar-refractivity contribution in [2.75, 3.05) is 5.32 Å². The first-order chi connectivity index (χ1) is 13.3. The normalized spacial score (nSPS) is 16.0. The predicted molar refractivity (Wildman–Crippen MR) is 98.3 cm³/mol. The topological polar surface area (TPSA) is 101 Å². The molecule has 0 bridgehead atoms. The highest BCUT2D eigenvalue weighted by Gasteiger charge is 2.34. The highest BCUT2D eigenvalue weighted by Crippen LogP contribution is 2.41. The molecule has 0 saturated heterocycles. The molecule has 2 N–H and O–H groups in total. The summed E-state index contributed by atoms with van der Waals surface area (Å²) in [5.41, 5.74) is 3.43. The Bertz CT molecular complexity index is 1100. The zero-order valence-electron chi connectivity index (χ0n) is 14.2. The summed E-state index contributed by atoms with van der Waals surface area (Å²) in [6, 6.07) is 11.4. The number of aromatic nitrogens is 6. The molecule has 4 aromatic rings. The minimum Gasteiger partial charge on any atom is -0.309 e. The van der Waals surface area contributed by atoms with Gasteiger partial charge < -0.3 is 5.32 Å². The van der Waals surface area contributed by atoms with Gasteiger partial charge in [-0.3, -0.25) is 19.4 Å². The Morgan fingerprint density at radius 2 is 1.85 bits per heavy atom. The van der Waals surface area contributed by atoms with E-state index < -0.39 is 0 Å². The van der Waals surface area contributed by atoms with E-state index in [4.69, 9.17) is 0 Å². The molecule has 0 fully saturated rings. The molecule has 0 aromatic carbocycles. The fourth-order valence-corrected chi connectivity index (χ4v) is 3.49. The average Bonchev–Trinajstić information content (AvgIpc) is 3.36. The lowest BCUT2D eigenvalue weighted by atomic mass is 9.88. The van der Waals surface area contributed by atoms with Crippen LogP contribution in [0.1, 0.15) is 23.6 Å². The number of aromatic amines is 1. The fraction of sp³-hybridized carbons (Fsp3) is 0.105. The Kier molecular flexibility index (Phi) is 3.53. The lowest BCUT2D eigenvalue weighted by molar-refractivity contribution is -0.116. The van der Waals surface area contributed by atoms with E-state index in [0.29, 0.717) is 18.2 Å². The van der Waals surface area contributed by atoms with Crippen LogP contribution in [0, 0.1) is 0 Å². The number of rotatable bonds is 3. The van der Waals surface area contributed by atoms with Gasteiger partial charge in [-0.15, -0.1) is 0 Å². The minimum absolute atomic E-state index is 0.0756. The lowest BCUT2D eigenvalue weighted by Gasteiger charge is -2.24. The standard InChI is InChI=1S/C19H15N7O/c27-15-11-12(14-6-3-10-26(14)19-21-8-4-9-22-19)16-17(24-25-18(16)23-15)13-5-1-2-7-20-13/h1-10,12H,11H2,(H2,23,24,25,27). The Labute approximate surface area is 154 Å². The Morgan fingerprint density at radius 3 is 2.67 bits per heavy atom. The van der Waals surface area contributed by atoms with E-state index in [1.165, 1.54) is 0 Å². The number of nitrogens with zero attached hydrogens (tertiary/aromatic N) is 5. The number of pyridine rings is 1. The van der Waals surface area contributed by atoms with Gasteiger partial charge in [0.2, 0.25) is 11.9 Å². The molecule has 1 amide bonds. The molecule has 1 aliphatic rings. The van der Waals surface area contributed by atoms with Gasteiger partial charge in [0.1, 0.15) is 0 Å². The first-order valence-electron chi connectivity index (χ1n) is 8.55. The van der Waals surface area contributed by atoms with Crippen molar-refractivity contribution in [1.82, 2.24) is 29.7 Å². The molecule has 0 spiro atoms. The molecule has 27 heavy (non-hydrogen) atoms. The van der Waals surface area contributed by atoms with Gasteiger partial charge >= 0.3 is 0 Å². The number of H-pyrrole nitrogens is 1. The molecule has 4 aromatic heterocycles. The molecule has 0 saturated carbocycles. The Balaban J connectivity index is 1.68. The summed E-state index contributed by atoms with van der Waals surface area (Å²) in [5, 5.41) is 10.2. The van der Waals surface area contributed by atoms with Crippen LogP contribution in [0.3, 0.4) is 0 Å². The van der Waals surface area contributed by atoms with Crippen molar-refractivity contribution in [1.29, 1.82) is 0 Å². The molecular formula is C19H15N7O. The van der Waals surface area contributed by atoms with Crippen LogP contribution in [0.4, 0.5) is 5.82 Å². The average molecular weight is 357 g/mol. The summed E-state index contributed by atoms with van der Waals surface area (Å²) in [6.07, 6.45) is 7.34. The number of amides is 1. The van der Waals surface area contributed by atoms with E-state index >= 15 is 0 Å². The predicted octanol–water partition coefficient (Wildman–Crippen LogP) is 2.53. The van der Waals surface area contributed by atoms with E-state index in [0.717, 1.165) is 22.6 Å².